The van der Waals surface area contributed by atoms with Crippen molar-refractivity contribution in [1.82, 2.24) is 4.90 Å². The molecular formula is C16H21NO4. The van der Waals surface area contributed by atoms with Crippen LogP contribution in [-0.4, -0.2) is 34.5 Å². The van der Waals surface area contributed by atoms with Gasteiger partial charge in [0.2, 0.25) is 0 Å². The van der Waals surface area contributed by atoms with Crippen LogP contribution in [0.1, 0.15) is 53.8 Å². The summed E-state index contributed by atoms with van der Waals surface area (Å²) < 4.78 is 5.29. The van der Waals surface area contributed by atoms with Crippen LogP contribution in [0.15, 0.2) is 10.7 Å². The van der Waals surface area contributed by atoms with E-state index in [9.17, 15) is 9.59 Å². The van der Waals surface area contributed by atoms with E-state index < -0.39 is 5.97 Å². The number of aliphatic carboxylic acids is 1. The molecule has 21 heavy (non-hydrogen) atoms. The smallest absolute Gasteiger partial charge is 0.311 e. The summed E-state index contributed by atoms with van der Waals surface area (Å²) in [4.78, 5) is 25.7. The van der Waals surface area contributed by atoms with E-state index >= 15 is 0 Å². The SMILES string of the molecule is Cc1coc(CC(=O)O)c1C(=O)N1CCCC1C1CCC1. The normalized spacial score (nSPS) is 22.3. The zero-order chi connectivity index (χ0) is 15.0. The predicted octanol–water partition coefficient (Wildman–Crippen LogP) is 2.62. The first-order valence-corrected chi connectivity index (χ1v) is 7.67. The second-order valence-corrected chi connectivity index (χ2v) is 6.19. The quantitative estimate of drug-likeness (QED) is 0.925. The monoisotopic (exact) mass is 291 g/mol. The van der Waals surface area contributed by atoms with E-state index in [0.717, 1.165) is 24.9 Å². The maximum Gasteiger partial charge on any atom is 0.311 e. The molecule has 5 nitrogen and oxygen atoms in total. The van der Waals surface area contributed by atoms with E-state index in [-0.39, 0.29) is 18.1 Å². The maximum atomic E-state index is 12.9. The minimum absolute atomic E-state index is 0.0492. The molecule has 1 amide bonds. The first kappa shape index (κ1) is 14.2. The third-order valence-electron chi connectivity index (χ3n) is 4.83. The van der Waals surface area contributed by atoms with Crippen LogP contribution in [0.2, 0.25) is 0 Å². The zero-order valence-electron chi connectivity index (χ0n) is 12.3. The molecule has 0 radical (unpaired) electrons. The van der Waals surface area contributed by atoms with Crippen molar-refractivity contribution in [2.45, 2.75) is 51.5 Å². The lowest BCUT2D eigenvalue weighted by Crippen LogP contribution is -2.42. The number of hydrogen-bond donors (Lipinski definition) is 1. The molecule has 1 saturated carbocycles. The molecule has 1 unspecified atom stereocenters. The second kappa shape index (κ2) is 5.54. The average Bonchev–Trinajstić information content (AvgIpc) is 2.94. The number of carboxylic acids is 1. The Labute approximate surface area is 123 Å². The molecule has 2 aliphatic rings. The van der Waals surface area contributed by atoms with Crippen LogP contribution < -0.4 is 0 Å². The van der Waals surface area contributed by atoms with Gasteiger partial charge in [-0.15, -0.1) is 0 Å². The number of hydrogen-bond acceptors (Lipinski definition) is 3. The van der Waals surface area contributed by atoms with Gasteiger partial charge in [-0.2, -0.15) is 0 Å². The van der Waals surface area contributed by atoms with E-state index in [2.05, 4.69) is 0 Å². The fourth-order valence-corrected chi connectivity index (χ4v) is 3.56. The Kier molecular flexibility index (Phi) is 3.74. The van der Waals surface area contributed by atoms with E-state index in [1.165, 1.54) is 25.5 Å². The summed E-state index contributed by atoms with van der Waals surface area (Å²) in [5, 5.41) is 8.95. The minimum atomic E-state index is -0.977. The molecule has 2 fully saturated rings. The molecule has 1 aromatic heterocycles. The highest BCUT2D eigenvalue weighted by atomic mass is 16.4. The number of furan rings is 1. The first-order valence-electron chi connectivity index (χ1n) is 7.67. The van der Waals surface area contributed by atoms with Crippen LogP contribution in [0.3, 0.4) is 0 Å². The molecule has 1 aromatic rings. The predicted molar refractivity (Wildman–Crippen MR) is 76.2 cm³/mol. The van der Waals surface area contributed by atoms with Crippen molar-refractivity contribution in [3.8, 4) is 0 Å². The second-order valence-electron chi connectivity index (χ2n) is 6.19. The molecule has 1 aliphatic heterocycles. The van der Waals surface area contributed by atoms with Crippen molar-refractivity contribution in [3.05, 3.63) is 23.2 Å². The van der Waals surface area contributed by atoms with E-state index in [4.69, 9.17) is 9.52 Å². The number of amides is 1. The van der Waals surface area contributed by atoms with Gasteiger partial charge in [-0.3, -0.25) is 9.59 Å². The number of carbonyl (C=O) groups is 2. The van der Waals surface area contributed by atoms with Crippen molar-refractivity contribution < 1.29 is 19.1 Å². The van der Waals surface area contributed by atoms with Gasteiger partial charge < -0.3 is 14.4 Å². The van der Waals surface area contributed by atoms with Crippen molar-refractivity contribution in [2.24, 2.45) is 5.92 Å². The van der Waals surface area contributed by atoms with E-state index in [1.807, 2.05) is 4.90 Å². The molecule has 1 N–H and O–H groups in total. The number of nitrogens with zero attached hydrogens (tertiary/aromatic N) is 1. The van der Waals surface area contributed by atoms with Crippen molar-refractivity contribution in [3.63, 3.8) is 0 Å². The van der Waals surface area contributed by atoms with Gasteiger partial charge in [0.25, 0.3) is 5.91 Å². The van der Waals surface area contributed by atoms with Crippen LogP contribution in [0, 0.1) is 12.8 Å². The van der Waals surface area contributed by atoms with Gasteiger partial charge in [0.15, 0.2) is 0 Å². The molecule has 2 heterocycles. The Morgan fingerprint density at radius 1 is 1.33 bits per heavy atom. The summed E-state index contributed by atoms with van der Waals surface area (Å²) in [7, 11) is 0. The first-order chi connectivity index (χ1) is 10.1. The van der Waals surface area contributed by atoms with Gasteiger partial charge >= 0.3 is 5.97 Å². The summed E-state index contributed by atoms with van der Waals surface area (Å²) >= 11 is 0. The number of rotatable bonds is 4. The Morgan fingerprint density at radius 2 is 2.10 bits per heavy atom. The fraction of sp³-hybridized carbons (Fsp3) is 0.625. The molecule has 5 heteroatoms. The van der Waals surface area contributed by atoms with Crippen LogP contribution >= 0.6 is 0 Å². The average molecular weight is 291 g/mol. The third-order valence-corrected chi connectivity index (χ3v) is 4.83. The van der Waals surface area contributed by atoms with Crippen LogP contribution in [0.4, 0.5) is 0 Å². The molecule has 0 bridgehead atoms. The Bertz CT molecular complexity index is 559. The summed E-state index contributed by atoms with van der Waals surface area (Å²) in [5.74, 6) is -0.113. The lowest BCUT2D eigenvalue weighted by molar-refractivity contribution is -0.136. The van der Waals surface area contributed by atoms with Crippen molar-refractivity contribution in [2.75, 3.05) is 6.54 Å². The molecule has 3 rings (SSSR count). The Morgan fingerprint density at radius 3 is 2.71 bits per heavy atom. The topological polar surface area (TPSA) is 70.7 Å². The highest BCUT2D eigenvalue weighted by molar-refractivity contribution is 5.97. The van der Waals surface area contributed by atoms with Gasteiger partial charge in [0, 0.05) is 18.2 Å². The lowest BCUT2D eigenvalue weighted by atomic mass is 9.78. The van der Waals surface area contributed by atoms with Gasteiger partial charge in [0.05, 0.1) is 11.8 Å². The number of carboxylic acid groups (broad SMARTS) is 1. The summed E-state index contributed by atoms with van der Waals surface area (Å²) in [6, 6.07) is 0.332. The molecule has 1 atom stereocenters. The van der Waals surface area contributed by atoms with Gasteiger partial charge in [-0.1, -0.05) is 6.42 Å². The van der Waals surface area contributed by atoms with Crippen molar-refractivity contribution in [1.29, 1.82) is 0 Å². The van der Waals surface area contributed by atoms with E-state index in [0.29, 0.717) is 17.5 Å². The fourth-order valence-electron chi connectivity index (χ4n) is 3.56. The number of carbonyl (C=O) groups excluding carboxylic acids is 1. The number of aryl methyl sites for hydroxylation is 1. The molecule has 0 spiro atoms. The van der Waals surface area contributed by atoms with Gasteiger partial charge in [-0.25, -0.2) is 0 Å². The maximum absolute atomic E-state index is 12.9. The number of likely N-dealkylation sites (tertiary alicyclic amines) is 1. The van der Waals surface area contributed by atoms with Gasteiger partial charge in [-0.05, 0) is 38.5 Å². The molecule has 0 aromatic carbocycles. The summed E-state index contributed by atoms with van der Waals surface area (Å²) in [5.41, 5.74) is 1.19. The molecule has 1 aliphatic carbocycles. The highest BCUT2D eigenvalue weighted by Gasteiger charge is 2.39. The molecular weight excluding hydrogens is 270 g/mol. The minimum Gasteiger partial charge on any atom is -0.481 e. The van der Waals surface area contributed by atoms with Crippen LogP contribution in [0.5, 0.6) is 0 Å². The van der Waals surface area contributed by atoms with Gasteiger partial charge in [0.1, 0.15) is 12.2 Å². The Balaban J connectivity index is 1.84. The largest absolute Gasteiger partial charge is 0.481 e. The van der Waals surface area contributed by atoms with Crippen LogP contribution in [-0.2, 0) is 11.2 Å². The third kappa shape index (κ3) is 2.57. The highest BCUT2D eigenvalue weighted by Crippen LogP contribution is 2.38. The lowest BCUT2D eigenvalue weighted by Gasteiger charge is -2.37. The summed E-state index contributed by atoms with van der Waals surface area (Å²) in [6.07, 6.45) is 7.04. The zero-order valence-corrected chi connectivity index (χ0v) is 12.3. The van der Waals surface area contributed by atoms with Crippen molar-refractivity contribution >= 4 is 11.9 Å². The molecule has 114 valence electrons. The Hall–Kier alpha value is -1.78. The summed E-state index contributed by atoms with van der Waals surface area (Å²) in [6.45, 7) is 2.58. The van der Waals surface area contributed by atoms with Crippen LogP contribution in [0.25, 0.3) is 0 Å². The molecule has 1 saturated heterocycles. The van der Waals surface area contributed by atoms with E-state index in [1.54, 1.807) is 6.92 Å². The standard InChI is InChI=1S/C16H21NO4/c1-10-9-21-13(8-14(18)19)15(10)16(20)17-7-3-6-12(17)11-4-2-5-11/h9,11-12H,2-8H2,1H3,(H,18,19).